The summed E-state index contributed by atoms with van der Waals surface area (Å²) >= 11 is 0. The van der Waals surface area contributed by atoms with Crippen molar-refractivity contribution in [3.63, 3.8) is 0 Å². The lowest BCUT2D eigenvalue weighted by atomic mass is 9.77. The monoisotopic (exact) mass is 753 g/mol. The van der Waals surface area contributed by atoms with Crippen LogP contribution in [0.4, 0.5) is 5.82 Å². The largest absolute Gasteiger partial charge is 0.388 e. The molecule has 9 aromatic rings. The average Bonchev–Trinajstić information content (AvgIpc) is 3.74. The fraction of sp³-hybridized carbons (Fsp3) is 0.0962. The molecule has 0 saturated carbocycles. The van der Waals surface area contributed by atoms with Crippen molar-refractivity contribution in [1.82, 2.24) is 20.0 Å². The molecule has 0 spiro atoms. The summed E-state index contributed by atoms with van der Waals surface area (Å²) in [5, 5.41) is 25.5. The van der Waals surface area contributed by atoms with Gasteiger partial charge in [0, 0.05) is 0 Å². The van der Waals surface area contributed by atoms with Crippen LogP contribution < -0.4 is 5.32 Å². The molecule has 9 rings (SSSR count). The highest BCUT2D eigenvalue weighted by molar-refractivity contribution is 5.79. The Balaban J connectivity index is 1.32. The van der Waals surface area contributed by atoms with Crippen LogP contribution in [0.5, 0.6) is 0 Å². The molecule has 6 nitrogen and oxygen atoms in total. The SMILES string of the molecule is OC(CCc1cc(NC(c2ccccc2)(c2ccccc2)c2ccccc2)nc2c1nnn2C(c1ccccc1)(c1ccccc1)c1ccccc1)c1ccccc1. The Morgan fingerprint density at radius 2 is 0.879 bits per heavy atom. The minimum absolute atomic E-state index is 0.484. The molecule has 0 bridgehead atoms. The molecule has 1 atom stereocenters. The van der Waals surface area contributed by atoms with E-state index in [0.29, 0.717) is 29.8 Å². The van der Waals surface area contributed by atoms with Crippen molar-refractivity contribution in [1.29, 1.82) is 0 Å². The van der Waals surface area contributed by atoms with E-state index in [1.165, 1.54) is 0 Å². The molecule has 0 aliphatic carbocycles. The summed E-state index contributed by atoms with van der Waals surface area (Å²) in [6.45, 7) is 0. The Bertz CT molecular complexity index is 2500. The van der Waals surface area contributed by atoms with Gasteiger partial charge in [-0.3, -0.25) is 0 Å². The van der Waals surface area contributed by atoms with Gasteiger partial charge in [-0.25, -0.2) is 9.67 Å². The summed E-state index contributed by atoms with van der Waals surface area (Å²) in [5.74, 6) is 0.653. The molecule has 0 aliphatic rings. The Labute approximate surface area is 339 Å². The summed E-state index contributed by atoms with van der Waals surface area (Å²) in [6, 6.07) is 75.0. The number of hydrogen-bond donors (Lipinski definition) is 2. The fourth-order valence-electron chi connectivity index (χ4n) is 8.46. The molecular formula is C52H43N5O. The number of nitrogens with zero attached hydrogens (tertiary/aromatic N) is 4. The van der Waals surface area contributed by atoms with Crippen LogP contribution in [-0.4, -0.2) is 25.1 Å². The Kier molecular flexibility index (Phi) is 10.2. The van der Waals surface area contributed by atoms with Crippen molar-refractivity contribution >= 4 is 17.0 Å². The van der Waals surface area contributed by atoms with Crippen molar-refractivity contribution in [3.05, 3.63) is 263 Å². The van der Waals surface area contributed by atoms with E-state index in [4.69, 9.17) is 15.3 Å². The van der Waals surface area contributed by atoms with Crippen LogP contribution in [0.3, 0.4) is 0 Å². The predicted octanol–water partition coefficient (Wildman–Crippen LogP) is 10.7. The maximum atomic E-state index is 11.5. The number of benzene rings is 7. The molecular weight excluding hydrogens is 711 g/mol. The maximum absolute atomic E-state index is 11.5. The van der Waals surface area contributed by atoms with Gasteiger partial charge in [0.1, 0.15) is 22.4 Å². The molecule has 0 fully saturated rings. The summed E-state index contributed by atoms with van der Waals surface area (Å²) in [4.78, 5) is 5.55. The zero-order valence-corrected chi connectivity index (χ0v) is 32.0. The molecule has 0 radical (unpaired) electrons. The van der Waals surface area contributed by atoms with E-state index in [0.717, 1.165) is 44.5 Å². The van der Waals surface area contributed by atoms with Gasteiger partial charge in [-0.05, 0) is 63.4 Å². The van der Waals surface area contributed by atoms with Gasteiger partial charge in [0.2, 0.25) is 0 Å². The maximum Gasteiger partial charge on any atom is 0.182 e. The highest BCUT2D eigenvalue weighted by atomic mass is 16.3. The van der Waals surface area contributed by atoms with Crippen LogP contribution in [0.2, 0.25) is 0 Å². The number of nitrogens with one attached hydrogen (secondary N) is 1. The van der Waals surface area contributed by atoms with Gasteiger partial charge in [0.25, 0.3) is 0 Å². The van der Waals surface area contributed by atoms with E-state index in [9.17, 15) is 5.11 Å². The number of aryl methyl sites for hydroxylation is 1. The Hall–Kier alpha value is -7.15. The molecule has 0 aliphatic heterocycles. The third-order valence-electron chi connectivity index (χ3n) is 11.2. The predicted molar refractivity (Wildman–Crippen MR) is 232 cm³/mol. The van der Waals surface area contributed by atoms with Gasteiger partial charge < -0.3 is 10.4 Å². The minimum Gasteiger partial charge on any atom is -0.388 e. The molecule has 58 heavy (non-hydrogen) atoms. The van der Waals surface area contributed by atoms with Crippen LogP contribution >= 0.6 is 0 Å². The molecule has 7 aromatic carbocycles. The van der Waals surface area contributed by atoms with Crippen LogP contribution in [0.25, 0.3) is 11.2 Å². The first-order valence-electron chi connectivity index (χ1n) is 19.8. The topological polar surface area (TPSA) is 75.9 Å². The van der Waals surface area contributed by atoms with Gasteiger partial charge in [0.15, 0.2) is 5.65 Å². The lowest BCUT2D eigenvalue weighted by Gasteiger charge is -2.38. The minimum atomic E-state index is -0.944. The number of anilines is 1. The number of aliphatic hydroxyl groups excluding tert-OH is 1. The average molecular weight is 754 g/mol. The number of rotatable bonds is 13. The number of fused-ring (bicyclic) bond motifs is 1. The second kappa shape index (κ2) is 16.1. The fourth-order valence-corrected chi connectivity index (χ4v) is 8.46. The van der Waals surface area contributed by atoms with Gasteiger partial charge in [-0.1, -0.05) is 218 Å². The normalized spacial score (nSPS) is 12.3. The number of aliphatic hydroxyl groups is 1. The Morgan fingerprint density at radius 1 is 0.500 bits per heavy atom. The quantitative estimate of drug-likeness (QED) is 0.115. The summed E-state index contributed by atoms with van der Waals surface area (Å²) in [5.41, 5.74) is 7.59. The molecule has 2 aromatic heterocycles. The van der Waals surface area contributed by atoms with Crippen molar-refractivity contribution in [3.8, 4) is 0 Å². The standard InChI is InChI=1S/C52H43N5O/c58-47(39-22-8-1-9-23-39)37-36-40-38-48(54-51(41-24-10-2-11-25-41,42-26-12-3-13-27-42)43-28-14-4-15-29-43)53-50-49(40)55-56-57(50)52(44-30-16-5-17-31-44,45-32-18-6-19-33-45)46-34-20-7-21-35-46/h1-35,38,47,58H,36-37H2,(H,53,54). The van der Waals surface area contributed by atoms with Crippen molar-refractivity contribution < 1.29 is 5.11 Å². The number of aromatic nitrogens is 4. The highest BCUT2D eigenvalue weighted by Gasteiger charge is 2.42. The first-order valence-corrected chi connectivity index (χ1v) is 19.8. The molecule has 1 unspecified atom stereocenters. The summed E-state index contributed by atoms with van der Waals surface area (Å²) < 4.78 is 2.00. The molecule has 0 amide bonds. The van der Waals surface area contributed by atoms with Gasteiger partial charge in [0.05, 0.1) is 6.10 Å². The van der Waals surface area contributed by atoms with Crippen molar-refractivity contribution in [2.45, 2.75) is 30.0 Å². The summed E-state index contributed by atoms with van der Waals surface area (Å²) in [6.07, 6.45) is 0.356. The molecule has 0 saturated heterocycles. The second-order valence-electron chi connectivity index (χ2n) is 14.6. The van der Waals surface area contributed by atoms with E-state index in [1.54, 1.807) is 0 Å². The van der Waals surface area contributed by atoms with E-state index >= 15 is 0 Å². The van der Waals surface area contributed by atoms with Gasteiger partial charge in [-0.15, -0.1) is 5.10 Å². The molecule has 6 heteroatoms. The molecule has 2 heterocycles. The molecule has 2 N–H and O–H groups in total. The van der Waals surface area contributed by atoms with E-state index < -0.39 is 17.2 Å². The number of pyridine rings is 1. The van der Waals surface area contributed by atoms with E-state index in [-0.39, 0.29) is 0 Å². The first kappa shape index (κ1) is 36.5. The van der Waals surface area contributed by atoms with E-state index in [1.807, 2.05) is 71.4 Å². The van der Waals surface area contributed by atoms with Crippen LogP contribution in [0, 0.1) is 0 Å². The molecule has 282 valence electrons. The van der Waals surface area contributed by atoms with E-state index in [2.05, 4.69) is 157 Å². The van der Waals surface area contributed by atoms with Crippen molar-refractivity contribution in [2.24, 2.45) is 0 Å². The van der Waals surface area contributed by atoms with Crippen LogP contribution in [-0.2, 0) is 17.5 Å². The zero-order valence-electron chi connectivity index (χ0n) is 32.0. The summed E-state index contributed by atoms with van der Waals surface area (Å²) in [7, 11) is 0. The smallest absolute Gasteiger partial charge is 0.182 e. The third-order valence-corrected chi connectivity index (χ3v) is 11.2. The lowest BCUT2D eigenvalue weighted by molar-refractivity contribution is 0.168. The van der Waals surface area contributed by atoms with Crippen molar-refractivity contribution in [2.75, 3.05) is 5.32 Å². The number of hydrogen-bond acceptors (Lipinski definition) is 5. The van der Waals surface area contributed by atoms with Gasteiger partial charge >= 0.3 is 0 Å². The van der Waals surface area contributed by atoms with Gasteiger partial charge in [-0.2, -0.15) is 0 Å². The Morgan fingerprint density at radius 3 is 1.29 bits per heavy atom. The van der Waals surface area contributed by atoms with Crippen LogP contribution in [0.1, 0.15) is 57.0 Å². The zero-order chi connectivity index (χ0) is 39.2. The lowest BCUT2D eigenvalue weighted by Crippen LogP contribution is -2.39. The first-order chi connectivity index (χ1) is 28.7. The second-order valence-corrected chi connectivity index (χ2v) is 14.6. The van der Waals surface area contributed by atoms with Crippen LogP contribution in [0.15, 0.2) is 218 Å². The highest BCUT2D eigenvalue weighted by Crippen LogP contribution is 2.44. The third kappa shape index (κ3) is 6.63.